The number of nitrogens with one attached hydrogen (secondary N) is 1. The van der Waals surface area contributed by atoms with Crippen molar-refractivity contribution in [2.45, 2.75) is 37.5 Å². The van der Waals surface area contributed by atoms with Gasteiger partial charge in [-0.25, -0.2) is 9.78 Å². The smallest absolute Gasteiger partial charge is 0.357 e. The van der Waals surface area contributed by atoms with Crippen LogP contribution in [0.25, 0.3) is 0 Å². The van der Waals surface area contributed by atoms with Gasteiger partial charge in [0.2, 0.25) is 0 Å². The molecule has 1 fully saturated rings. The molecule has 4 nitrogen and oxygen atoms in total. The molecule has 2 unspecified atom stereocenters. The van der Waals surface area contributed by atoms with Gasteiger partial charge in [-0.1, -0.05) is 13.3 Å². The first kappa shape index (κ1) is 13.7. The molecule has 0 spiro atoms. The Kier molecular flexibility index (Phi) is 4.88. The van der Waals surface area contributed by atoms with Crippen molar-refractivity contribution < 1.29 is 9.53 Å². The number of ether oxygens (including phenoxy) is 1. The summed E-state index contributed by atoms with van der Waals surface area (Å²) in [5.74, 6) is 0.777. The van der Waals surface area contributed by atoms with Crippen LogP contribution in [0.4, 0.5) is 5.13 Å². The van der Waals surface area contributed by atoms with Crippen LogP contribution < -0.4 is 5.32 Å². The number of anilines is 1. The second kappa shape index (κ2) is 6.43. The van der Waals surface area contributed by atoms with E-state index < -0.39 is 0 Å². The molecular weight excluding hydrogens is 268 g/mol. The van der Waals surface area contributed by atoms with Gasteiger partial charge in [-0.3, -0.25) is 0 Å². The third-order valence-electron chi connectivity index (χ3n) is 3.04. The van der Waals surface area contributed by atoms with E-state index in [1.54, 1.807) is 5.38 Å². The van der Waals surface area contributed by atoms with Crippen LogP contribution in [0.3, 0.4) is 0 Å². The first-order valence-corrected chi connectivity index (χ1v) is 8.09. The third kappa shape index (κ3) is 3.17. The molecule has 1 aliphatic carbocycles. The Bertz CT molecular complexity index is 409. The lowest BCUT2D eigenvalue weighted by atomic mass is 10.2. The highest BCUT2D eigenvalue weighted by Gasteiger charge is 2.27. The zero-order chi connectivity index (χ0) is 13.0. The maximum atomic E-state index is 11.3. The number of carbonyl (C=O) groups excluding carboxylic acids is 1. The minimum atomic E-state index is -0.370. The molecule has 18 heavy (non-hydrogen) atoms. The monoisotopic (exact) mass is 286 g/mol. The fourth-order valence-corrected chi connectivity index (χ4v) is 4.14. The maximum Gasteiger partial charge on any atom is 0.357 e. The first-order chi connectivity index (χ1) is 8.74. The summed E-state index contributed by atoms with van der Waals surface area (Å²) < 4.78 is 4.65. The van der Waals surface area contributed by atoms with E-state index in [0.29, 0.717) is 17.0 Å². The van der Waals surface area contributed by atoms with Crippen molar-refractivity contribution in [1.82, 2.24) is 4.98 Å². The summed E-state index contributed by atoms with van der Waals surface area (Å²) in [6, 6.07) is 0.478. The van der Waals surface area contributed by atoms with E-state index >= 15 is 0 Å². The molecule has 2 rings (SSSR count). The number of hydrogen-bond acceptors (Lipinski definition) is 6. The minimum absolute atomic E-state index is 0.370. The Morgan fingerprint density at radius 2 is 2.50 bits per heavy atom. The first-order valence-electron chi connectivity index (χ1n) is 6.16. The molecule has 2 atom stereocenters. The molecule has 1 N–H and O–H groups in total. The fraction of sp³-hybridized carbons (Fsp3) is 0.667. The molecule has 1 aliphatic rings. The number of aromatic nitrogens is 1. The highest BCUT2D eigenvalue weighted by molar-refractivity contribution is 7.99. The second-order valence-corrected chi connectivity index (χ2v) is 6.58. The van der Waals surface area contributed by atoms with E-state index in [1.807, 2.05) is 11.8 Å². The maximum absolute atomic E-state index is 11.3. The molecule has 100 valence electrons. The fourth-order valence-electron chi connectivity index (χ4n) is 2.20. The summed E-state index contributed by atoms with van der Waals surface area (Å²) in [4.78, 5) is 15.6. The predicted octanol–water partition coefficient (Wildman–Crippen LogP) is 3.02. The van der Waals surface area contributed by atoms with Crippen molar-refractivity contribution in [3.05, 3.63) is 11.1 Å². The largest absolute Gasteiger partial charge is 0.464 e. The summed E-state index contributed by atoms with van der Waals surface area (Å²) in [7, 11) is 1.37. The van der Waals surface area contributed by atoms with Crippen molar-refractivity contribution in [1.29, 1.82) is 0 Å². The van der Waals surface area contributed by atoms with Gasteiger partial charge in [0.25, 0.3) is 0 Å². The van der Waals surface area contributed by atoms with Gasteiger partial charge in [0, 0.05) is 16.7 Å². The van der Waals surface area contributed by atoms with Gasteiger partial charge in [-0.15, -0.1) is 11.3 Å². The average Bonchev–Trinajstić information content (AvgIpc) is 3.00. The van der Waals surface area contributed by atoms with Gasteiger partial charge in [-0.2, -0.15) is 11.8 Å². The number of methoxy groups -OCH3 is 1. The van der Waals surface area contributed by atoms with Crippen LogP contribution in [0.1, 0.15) is 36.7 Å². The Morgan fingerprint density at radius 3 is 3.22 bits per heavy atom. The minimum Gasteiger partial charge on any atom is -0.464 e. The molecule has 1 heterocycles. The van der Waals surface area contributed by atoms with Crippen LogP contribution in [-0.4, -0.2) is 35.1 Å². The van der Waals surface area contributed by atoms with E-state index in [-0.39, 0.29) is 5.97 Å². The molecule has 0 bridgehead atoms. The topological polar surface area (TPSA) is 51.2 Å². The van der Waals surface area contributed by atoms with Crippen LogP contribution >= 0.6 is 23.1 Å². The number of esters is 1. The molecule has 0 aliphatic heterocycles. The van der Waals surface area contributed by atoms with Crippen LogP contribution in [0.5, 0.6) is 0 Å². The second-order valence-electron chi connectivity index (χ2n) is 4.21. The van der Waals surface area contributed by atoms with Crippen LogP contribution in [0.2, 0.25) is 0 Å². The number of nitrogens with zero attached hydrogens (tertiary/aromatic N) is 1. The number of hydrogen-bond donors (Lipinski definition) is 1. The number of rotatable bonds is 5. The number of thiazole rings is 1. The molecule has 0 radical (unpaired) electrons. The molecule has 1 aromatic heterocycles. The van der Waals surface area contributed by atoms with Crippen molar-refractivity contribution >= 4 is 34.2 Å². The molecule has 1 saturated carbocycles. The van der Waals surface area contributed by atoms with Crippen LogP contribution in [0, 0.1) is 0 Å². The molecule has 0 aromatic carbocycles. The normalized spacial score (nSPS) is 23.0. The van der Waals surface area contributed by atoms with Crippen molar-refractivity contribution in [3.63, 3.8) is 0 Å². The number of carbonyl (C=O) groups is 1. The van der Waals surface area contributed by atoms with Gasteiger partial charge in [0.1, 0.15) is 0 Å². The summed E-state index contributed by atoms with van der Waals surface area (Å²) in [5.41, 5.74) is 0.391. The Labute approximate surface area is 116 Å². The molecule has 6 heteroatoms. The van der Waals surface area contributed by atoms with Gasteiger partial charge in [-0.05, 0) is 18.6 Å². The Morgan fingerprint density at radius 1 is 1.67 bits per heavy atom. The summed E-state index contributed by atoms with van der Waals surface area (Å²) in [6.07, 6.45) is 3.72. The van der Waals surface area contributed by atoms with Crippen molar-refractivity contribution in [2.75, 3.05) is 18.2 Å². The average molecular weight is 286 g/mol. The zero-order valence-electron chi connectivity index (χ0n) is 10.6. The third-order valence-corrected chi connectivity index (χ3v) is 5.14. The molecule has 0 saturated heterocycles. The highest BCUT2D eigenvalue weighted by Crippen LogP contribution is 2.32. The lowest BCUT2D eigenvalue weighted by Gasteiger charge is -2.19. The number of thioether (sulfide) groups is 1. The van der Waals surface area contributed by atoms with Gasteiger partial charge in [0.15, 0.2) is 10.8 Å². The zero-order valence-corrected chi connectivity index (χ0v) is 12.3. The predicted molar refractivity (Wildman–Crippen MR) is 76.6 cm³/mol. The quantitative estimate of drug-likeness (QED) is 0.843. The van der Waals surface area contributed by atoms with E-state index in [1.165, 1.54) is 37.7 Å². The Balaban J connectivity index is 1.96. The van der Waals surface area contributed by atoms with E-state index in [4.69, 9.17) is 0 Å². The van der Waals surface area contributed by atoms with Crippen molar-refractivity contribution in [3.8, 4) is 0 Å². The van der Waals surface area contributed by atoms with E-state index in [0.717, 1.165) is 10.9 Å². The van der Waals surface area contributed by atoms with Gasteiger partial charge < -0.3 is 10.1 Å². The Hall–Kier alpha value is -0.750. The summed E-state index contributed by atoms with van der Waals surface area (Å²) in [5, 5.41) is 6.69. The highest BCUT2D eigenvalue weighted by atomic mass is 32.2. The standard InChI is InChI=1S/C12H18N2O2S2/c1-3-17-10-6-4-5-8(10)13-12-14-9(7-18-12)11(15)16-2/h7-8,10H,3-6H2,1-2H3,(H,13,14). The van der Waals surface area contributed by atoms with E-state index in [2.05, 4.69) is 22.0 Å². The summed E-state index contributed by atoms with van der Waals surface area (Å²) >= 11 is 3.47. The van der Waals surface area contributed by atoms with E-state index in [9.17, 15) is 4.79 Å². The summed E-state index contributed by atoms with van der Waals surface area (Å²) in [6.45, 7) is 2.19. The molecular formula is C12H18N2O2S2. The van der Waals surface area contributed by atoms with Crippen LogP contribution in [-0.2, 0) is 4.74 Å². The lowest BCUT2D eigenvalue weighted by molar-refractivity contribution is 0.0595. The SMILES string of the molecule is CCSC1CCCC1Nc1nc(C(=O)OC)cs1. The van der Waals surface area contributed by atoms with Crippen molar-refractivity contribution in [2.24, 2.45) is 0 Å². The molecule has 1 aromatic rings. The van der Waals surface area contributed by atoms with Gasteiger partial charge in [0.05, 0.1) is 7.11 Å². The molecule has 0 amide bonds. The van der Waals surface area contributed by atoms with Crippen LogP contribution in [0.15, 0.2) is 5.38 Å². The lowest BCUT2D eigenvalue weighted by Crippen LogP contribution is -2.26. The van der Waals surface area contributed by atoms with Gasteiger partial charge >= 0.3 is 5.97 Å².